The summed E-state index contributed by atoms with van der Waals surface area (Å²) in [4.78, 5) is 28.7. The molecule has 1 saturated heterocycles. The van der Waals surface area contributed by atoms with Gasteiger partial charge in [-0.1, -0.05) is 0 Å². The van der Waals surface area contributed by atoms with Crippen LogP contribution in [0.4, 0.5) is 0 Å². The molecule has 2 heterocycles. The number of halogens is 1. The molecule has 0 radical (unpaired) electrons. The number of hydrogen-bond acceptors (Lipinski definition) is 3. The van der Waals surface area contributed by atoms with Crippen molar-refractivity contribution in [3.63, 3.8) is 0 Å². The third-order valence-electron chi connectivity index (χ3n) is 4.10. The second-order valence-corrected chi connectivity index (χ2v) is 6.44. The minimum absolute atomic E-state index is 0.0332. The van der Waals surface area contributed by atoms with E-state index in [9.17, 15) is 9.59 Å². The number of carbonyl (C=O) groups excluding carboxylic acids is 1. The van der Waals surface area contributed by atoms with E-state index in [1.54, 1.807) is 13.0 Å². The summed E-state index contributed by atoms with van der Waals surface area (Å²) in [5.41, 5.74) is 0.925. The van der Waals surface area contributed by atoms with Gasteiger partial charge in [0.05, 0.1) is 10.0 Å². The SMILES string of the molecule is Cc1[nH]c(=O)c(Br)cc1C(=O)N1CCCC(CCO)CC1. The maximum atomic E-state index is 12.6. The summed E-state index contributed by atoms with van der Waals surface area (Å²) in [6.07, 6.45) is 3.75. The zero-order valence-electron chi connectivity index (χ0n) is 12.2. The highest BCUT2D eigenvalue weighted by atomic mass is 79.9. The van der Waals surface area contributed by atoms with Crippen molar-refractivity contribution in [1.82, 2.24) is 9.88 Å². The number of pyridine rings is 1. The Kier molecular flexibility index (Phi) is 5.58. The van der Waals surface area contributed by atoms with Gasteiger partial charge in [-0.2, -0.15) is 0 Å². The van der Waals surface area contributed by atoms with Crippen LogP contribution in [-0.2, 0) is 0 Å². The van der Waals surface area contributed by atoms with Gasteiger partial charge in [-0.05, 0) is 60.5 Å². The lowest BCUT2D eigenvalue weighted by atomic mass is 9.98. The average molecular weight is 357 g/mol. The van der Waals surface area contributed by atoms with Crippen molar-refractivity contribution in [2.45, 2.75) is 32.6 Å². The maximum Gasteiger partial charge on any atom is 0.262 e. The number of aromatic amines is 1. The van der Waals surface area contributed by atoms with Crippen LogP contribution in [0.5, 0.6) is 0 Å². The minimum atomic E-state index is -0.220. The average Bonchev–Trinajstić information content (AvgIpc) is 2.68. The highest BCUT2D eigenvalue weighted by molar-refractivity contribution is 9.10. The van der Waals surface area contributed by atoms with Crippen LogP contribution in [0.1, 0.15) is 41.7 Å². The molecule has 5 nitrogen and oxygen atoms in total. The number of aromatic nitrogens is 1. The number of H-pyrrole nitrogens is 1. The fraction of sp³-hybridized carbons (Fsp3) is 0.600. The van der Waals surface area contributed by atoms with E-state index in [0.29, 0.717) is 28.2 Å². The first kappa shape index (κ1) is 16.2. The highest BCUT2D eigenvalue weighted by Gasteiger charge is 2.23. The predicted octanol–water partition coefficient (Wildman–Crippen LogP) is 2.07. The molecule has 2 N–H and O–H groups in total. The van der Waals surface area contributed by atoms with E-state index in [1.807, 2.05) is 4.90 Å². The van der Waals surface area contributed by atoms with Crippen molar-refractivity contribution in [1.29, 1.82) is 0 Å². The Morgan fingerprint density at radius 2 is 2.24 bits per heavy atom. The van der Waals surface area contributed by atoms with Gasteiger partial charge in [0.2, 0.25) is 0 Å². The number of aryl methyl sites for hydroxylation is 1. The quantitative estimate of drug-likeness (QED) is 0.870. The van der Waals surface area contributed by atoms with Gasteiger partial charge in [0, 0.05) is 25.4 Å². The largest absolute Gasteiger partial charge is 0.396 e. The van der Waals surface area contributed by atoms with Gasteiger partial charge in [-0.25, -0.2) is 0 Å². The summed E-state index contributed by atoms with van der Waals surface area (Å²) in [6, 6.07) is 1.60. The van der Waals surface area contributed by atoms with Gasteiger partial charge < -0.3 is 15.0 Å². The van der Waals surface area contributed by atoms with Gasteiger partial charge in [0.25, 0.3) is 11.5 Å². The van der Waals surface area contributed by atoms with Crippen LogP contribution in [0, 0.1) is 12.8 Å². The van der Waals surface area contributed by atoms with Crippen LogP contribution in [-0.4, -0.2) is 40.6 Å². The van der Waals surface area contributed by atoms with E-state index < -0.39 is 0 Å². The molecule has 1 aliphatic rings. The maximum absolute atomic E-state index is 12.6. The summed E-state index contributed by atoms with van der Waals surface area (Å²) in [5.74, 6) is 0.463. The van der Waals surface area contributed by atoms with E-state index in [2.05, 4.69) is 20.9 Å². The van der Waals surface area contributed by atoms with Crippen molar-refractivity contribution in [2.75, 3.05) is 19.7 Å². The molecule has 1 aromatic heterocycles. The standard InChI is InChI=1S/C15H21BrN2O3/c1-10-12(9-13(16)14(20)17-10)15(21)18-6-2-3-11(4-7-18)5-8-19/h9,11,19H,2-8H2,1H3,(H,17,20). The normalized spacial score (nSPS) is 19.4. The molecule has 6 heteroatoms. The molecule has 1 aliphatic heterocycles. The highest BCUT2D eigenvalue weighted by Crippen LogP contribution is 2.22. The van der Waals surface area contributed by atoms with Crippen LogP contribution in [0.15, 0.2) is 15.3 Å². The van der Waals surface area contributed by atoms with Crippen molar-refractivity contribution < 1.29 is 9.90 Å². The Balaban J connectivity index is 2.13. The van der Waals surface area contributed by atoms with E-state index in [-0.39, 0.29) is 18.1 Å². The number of aliphatic hydroxyl groups excluding tert-OH is 1. The van der Waals surface area contributed by atoms with Crippen molar-refractivity contribution >= 4 is 21.8 Å². The van der Waals surface area contributed by atoms with Gasteiger partial charge in [0.15, 0.2) is 0 Å². The molecule has 0 spiro atoms. The zero-order chi connectivity index (χ0) is 15.4. The van der Waals surface area contributed by atoms with E-state index in [4.69, 9.17) is 5.11 Å². The fourth-order valence-corrected chi connectivity index (χ4v) is 3.16. The van der Waals surface area contributed by atoms with Gasteiger partial charge in [-0.3, -0.25) is 9.59 Å². The molecule has 1 unspecified atom stereocenters. The van der Waals surface area contributed by atoms with Crippen molar-refractivity contribution in [3.8, 4) is 0 Å². The van der Waals surface area contributed by atoms with Crippen LogP contribution < -0.4 is 5.56 Å². The minimum Gasteiger partial charge on any atom is -0.396 e. The monoisotopic (exact) mass is 356 g/mol. The predicted molar refractivity (Wildman–Crippen MR) is 84.4 cm³/mol. The Hall–Kier alpha value is -1.14. The van der Waals surface area contributed by atoms with Crippen LogP contribution in [0.3, 0.4) is 0 Å². The summed E-state index contributed by atoms with van der Waals surface area (Å²) < 4.78 is 0.379. The Labute approximate surface area is 132 Å². The molecular weight excluding hydrogens is 336 g/mol. The molecule has 0 bridgehead atoms. The van der Waals surface area contributed by atoms with E-state index in [1.165, 1.54) is 0 Å². The molecule has 1 fully saturated rings. The van der Waals surface area contributed by atoms with Gasteiger partial charge in [0.1, 0.15) is 0 Å². The molecule has 2 rings (SSSR count). The summed E-state index contributed by atoms with van der Waals surface area (Å²) in [5, 5.41) is 9.04. The zero-order valence-corrected chi connectivity index (χ0v) is 13.8. The van der Waals surface area contributed by atoms with Crippen LogP contribution in [0.25, 0.3) is 0 Å². The van der Waals surface area contributed by atoms with Crippen molar-refractivity contribution in [3.05, 3.63) is 32.2 Å². The molecule has 1 aromatic rings. The van der Waals surface area contributed by atoms with Crippen LogP contribution in [0.2, 0.25) is 0 Å². The topological polar surface area (TPSA) is 73.4 Å². The number of likely N-dealkylation sites (tertiary alicyclic amines) is 1. The number of carbonyl (C=O) groups is 1. The molecule has 116 valence electrons. The number of hydrogen-bond donors (Lipinski definition) is 2. The molecular formula is C15H21BrN2O3. The van der Waals surface area contributed by atoms with E-state index in [0.717, 1.165) is 32.2 Å². The molecule has 1 amide bonds. The number of nitrogens with one attached hydrogen (secondary N) is 1. The molecule has 21 heavy (non-hydrogen) atoms. The Morgan fingerprint density at radius 1 is 1.48 bits per heavy atom. The van der Waals surface area contributed by atoms with E-state index >= 15 is 0 Å². The summed E-state index contributed by atoms with van der Waals surface area (Å²) in [7, 11) is 0. The Bertz CT molecular complexity index is 571. The second kappa shape index (κ2) is 7.22. The molecule has 0 saturated carbocycles. The first-order chi connectivity index (χ1) is 10.0. The van der Waals surface area contributed by atoms with Crippen LogP contribution >= 0.6 is 15.9 Å². The molecule has 0 aliphatic carbocycles. The first-order valence-corrected chi connectivity index (χ1v) is 8.11. The molecule has 1 atom stereocenters. The number of nitrogens with zero attached hydrogens (tertiary/aromatic N) is 1. The lowest BCUT2D eigenvalue weighted by Gasteiger charge is -2.21. The number of aliphatic hydroxyl groups is 1. The lowest BCUT2D eigenvalue weighted by molar-refractivity contribution is 0.0758. The fourth-order valence-electron chi connectivity index (χ4n) is 2.83. The summed E-state index contributed by atoms with van der Waals surface area (Å²) in [6.45, 7) is 3.40. The molecule has 0 aromatic carbocycles. The number of amides is 1. The van der Waals surface area contributed by atoms with Gasteiger partial charge >= 0.3 is 0 Å². The second-order valence-electron chi connectivity index (χ2n) is 5.59. The third-order valence-corrected chi connectivity index (χ3v) is 4.68. The first-order valence-electron chi connectivity index (χ1n) is 7.32. The third kappa shape index (κ3) is 3.95. The van der Waals surface area contributed by atoms with Crippen molar-refractivity contribution in [2.24, 2.45) is 5.92 Å². The van der Waals surface area contributed by atoms with Gasteiger partial charge in [-0.15, -0.1) is 0 Å². The lowest BCUT2D eigenvalue weighted by Crippen LogP contribution is -2.33. The Morgan fingerprint density at radius 3 is 2.95 bits per heavy atom. The summed E-state index contributed by atoms with van der Waals surface area (Å²) >= 11 is 3.18. The number of rotatable bonds is 3. The smallest absolute Gasteiger partial charge is 0.262 e.